The number of aliphatic hydroxyl groups excluding tert-OH is 1. The van der Waals surface area contributed by atoms with E-state index in [0.29, 0.717) is 13.2 Å². The minimum Gasteiger partial charge on any atom is -0.393 e. The standard InChI is InChI=1S/C23H28O6/c1-22(2)27-19-20(26-14-18-11-7-4-8-12-18)23(15-24,29-21(19)28-22)16-25-13-17-9-5-3-6-10-17/h3-12,19-21,24H,13-16H2,1-2H3. The van der Waals surface area contributed by atoms with Crippen LogP contribution in [0.15, 0.2) is 60.7 Å². The van der Waals surface area contributed by atoms with Crippen LogP contribution in [0, 0.1) is 0 Å². The minimum atomic E-state index is -1.06. The number of hydrogen-bond acceptors (Lipinski definition) is 6. The second-order valence-electron chi connectivity index (χ2n) is 8.00. The Morgan fingerprint density at radius 2 is 1.48 bits per heavy atom. The fourth-order valence-electron chi connectivity index (χ4n) is 3.86. The lowest BCUT2D eigenvalue weighted by molar-refractivity contribution is -0.261. The molecule has 0 aliphatic carbocycles. The van der Waals surface area contributed by atoms with Gasteiger partial charge < -0.3 is 28.8 Å². The van der Waals surface area contributed by atoms with E-state index in [1.807, 2.05) is 74.5 Å². The highest BCUT2D eigenvalue weighted by Gasteiger charge is 2.62. The second-order valence-corrected chi connectivity index (χ2v) is 8.00. The van der Waals surface area contributed by atoms with Gasteiger partial charge in [0.2, 0.25) is 0 Å². The fraction of sp³-hybridized carbons (Fsp3) is 0.478. The highest BCUT2D eigenvalue weighted by Crippen LogP contribution is 2.44. The molecule has 29 heavy (non-hydrogen) atoms. The molecule has 0 saturated carbocycles. The van der Waals surface area contributed by atoms with Gasteiger partial charge in [0.05, 0.1) is 26.4 Å². The van der Waals surface area contributed by atoms with Gasteiger partial charge in [-0.2, -0.15) is 0 Å². The van der Waals surface area contributed by atoms with E-state index < -0.39 is 29.9 Å². The van der Waals surface area contributed by atoms with Gasteiger partial charge in [0.15, 0.2) is 12.1 Å². The summed E-state index contributed by atoms with van der Waals surface area (Å²) in [6.07, 6.45) is -1.59. The first-order valence-corrected chi connectivity index (χ1v) is 9.93. The third-order valence-electron chi connectivity index (χ3n) is 5.25. The van der Waals surface area contributed by atoms with Crippen molar-refractivity contribution in [3.8, 4) is 0 Å². The summed E-state index contributed by atoms with van der Waals surface area (Å²) >= 11 is 0. The van der Waals surface area contributed by atoms with Crippen LogP contribution in [0.1, 0.15) is 25.0 Å². The lowest BCUT2D eigenvalue weighted by atomic mass is 9.96. The van der Waals surface area contributed by atoms with Crippen molar-refractivity contribution in [2.24, 2.45) is 0 Å². The molecule has 4 rings (SSSR count). The topological polar surface area (TPSA) is 66.4 Å². The van der Waals surface area contributed by atoms with Crippen LogP contribution in [0.2, 0.25) is 0 Å². The lowest BCUT2D eigenvalue weighted by Gasteiger charge is -2.35. The maximum Gasteiger partial charge on any atom is 0.190 e. The van der Waals surface area contributed by atoms with Gasteiger partial charge >= 0.3 is 0 Å². The number of fused-ring (bicyclic) bond motifs is 1. The Bertz CT molecular complexity index is 780. The smallest absolute Gasteiger partial charge is 0.190 e. The molecule has 0 amide bonds. The molecule has 2 aromatic carbocycles. The van der Waals surface area contributed by atoms with Crippen molar-refractivity contribution in [1.82, 2.24) is 0 Å². The molecule has 0 spiro atoms. The van der Waals surface area contributed by atoms with Crippen LogP contribution in [0.25, 0.3) is 0 Å². The molecular formula is C23H28O6. The van der Waals surface area contributed by atoms with Crippen molar-refractivity contribution in [2.45, 2.75) is 56.9 Å². The zero-order chi connectivity index (χ0) is 20.3. The van der Waals surface area contributed by atoms with Crippen LogP contribution in [-0.4, -0.2) is 48.2 Å². The first kappa shape index (κ1) is 20.5. The van der Waals surface area contributed by atoms with E-state index in [1.54, 1.807) is 0 Å². The molecule has 0 bridgehead atoms. The molecule has 2 aromatic rings. The second kappa shape index (κ2) is 8.52. The predicted octanol–water partition coefficient (Wildman–Crippen LogP) is 3.03. The van der Waals surface area contributed by atoms with Crippen molar-refractivity contribution in [1.29, 1.82) is 0 Å². The van der Waals surface area contributed by atoms with Gasteiger partial charge in [-0.15, -0.1) is 0 Å². The third-order valence-corrected chi connectivity index (χ3v) is 5.25. The molecule has 2 aliphatic heterocycles. The molecule has 6 nitrogen and oxygen atoms in total. The SMILES string of the molecule is CC1(C)OC2OC(CO)(COCc3ccccc3)C(OCc3ccccc3)C2O1. The van der Waals surface area contributed by atoms with E-state index in [2.05, 4.69) is 0 Å². The molecule has 6 heteroatoms. The van der Waals surface area contributed by atoms with Gasteiger partial charge in [-0.1, -0.05) is 60.7 Å². The van der Waals surface area contributed by atoms with Crippen LogP contribution >= 0.6 is 0 Å². The highest BCUT2D eigenvalue weighted by atomic mass is 16.8. The average Bonchev–Trinajstić information content (AvgIpc) is 3.17. The Labute approximate surface area is 171 Å². The van der Waals surface area contributed by atoms with Crippen molar-refractivity contribution in [2.75, 3.05) is 13.2 Å². The van der Waals surface area contributed by atoms with Crippen molar-refractivity contribution in [3.63, 3.8) is 0 Å². The molecule has 4 unspecified atom stereocenters. The maximum atomic E-state index is 10.3. The van der Waals surface area contributed by atoms with E-state index in [-0.39, 0.29) is 13.2 Å². The monoisotopic (exact) mass is 400 g/mol. The van der Waals surface area contributed by atoms with E-state index in [4.69, 9.17) is 23.7 Å². The van der Waals surface area contributed by atoms with Gasteiger partial charge in [-0.05, 0) is 25.0 Å². The largest absolute Gasteiger partial charge is 0.393 e. The summed E-state index contributed by atoms with van der Waals surface area (Å²) in [4.78, 5) is 0. The van der Waals surface area contributed by atoms with Gasteiger partial charge in [0.1, 0.15) is 17.8 Å². The summed E-state index contributed by atoms with van der Waals surface area (Å²) in [7, 11) is 0. The number of ether oxygens (including phenoxy) is 5. The molecule has 2 fully saturated rings. The van der Waals surface area contributed by atoms with Gasteiger partial charge in [0.25, 0.3) is 0 Å². The molecule has 0 aromatic heterocycles. The van der Waals surface area contributed by atoms with Crippen molar-refractivity contribution in [3.05, 3.63) is 71.8 Å². The fourth-order valence-corrected chi connectivity index (χ4v) is 3.86. The average molecular weight is 400 g/mol. The highest BCUT2D eigenvalue weighted by molar-refractivity contribution is 5.15. The molecule has 2 aliphatic rings. The van der Waals surface area contributed by atoms with Gasteiger partial charge in [0, 0.05) is 0 Å². The minimum absolute atomic E-state index is 0.165. The first-order valence-electron chi connectivity index (χ1n) is 9.93. The Hall–Kier alpha value is -1.80. The molecule has 156 valence electrons. The summed E-state index contributed by atoms with van der Waals surface area (Å²) in [6.45, 7) is 4.38. The van der Waals surface area contributed by atoms with Gasteiger partial charge in [-0.3, -0.25) is 0 Å². The number of aliphatic hydroxyl groups is 1. The quantitative estimate of drug-likeness (QED) is 0.735. The van der Waals surface area contributed by atoms with Crippen LogP contribution < -0.4 is 0 Å². The van der Waals surface area contributed by atoms with Crippen LogP contribution in [0.5, 0.6) is 0 Å². The molecule has 0 radical (unpaired) electrons. The molecular weight excluding hydrogens is 372 g/mol. The number of hydrogen-bond donors (Lipinski definition) is 1. The van der Waals surface area contributed by atoms with E-state index >= 15 is 0 Å². The summed E-state index contributed by atoms with van der Waals surface area (Å²) in [5.74, 6) is -0.768. The lowest BCUT2D eigenvalue weighted by Crippen LogP contribution is -2.52. The number of rotatable bonds is 8. The maximum absolute atomic E-state index is 10.3. The molecule has 2 saturated heterocycles. The Balaban J connectivity index is 1.48. The summed E-state index contributed by atoms with van der Waals surface area (Å²) in [5.41, 5.74) is 1.02. The molecule has 1 N–H and O–H groups in total. The van der Waals surface area contributed by atoms with Gasteiger partial charge in [-0.25, -0.2) is 0 Å². The Kier molecular flexibility index (Phi) is 6.01. The van der Waals surface area contributed by atoms with E-state index in [0.717, 1.165) is 11.1 Å². The Morgan fingerprint density at radius 1 is 0.862 bits per heavy atom. The van der Waals surface area contributed by atoms with Crippen molar-refractivity contribution >= 4 is 0 Å². The number of benzene rings is 2. The van der Waals surface area contributed by atoms with Crippen LogP contribution in [-0.2, 0) is 36.9 Å². The molecule has 2 heterocycles. The Morgan fingerprint density at radius 3 is 2.10 bits per heavy atom. The zero-order valence-corrected chi connectivity index (χ0v) is 16.8. The summed E-state index contributed by atoms with van der Waals surface area (Å²) in [6, 6.07) is 19.8. The van der Waals surface area contributed by atoms with E-state index in [9.17, 15) is 5.11 Å². The van der Waals surface area contributed by atoms with Crippen LogP contribution in [0.4, 0.5) is 0 Å². The summed E-state index contributed by atoms with van der Waals surface area (Å²) < 4.78 is 30.2. The van der Waals surface area contributed by atoms with Crippen molar-refractivity contribution < 1.29 is 28.8 Å². The molecule has 4 atom stereocenters. The normalized spacial score (nSPS) is 30.4. The third kappa shape index (κ3) is 4.53. The van der Waals surface area contributed by atoms with E-state index in [1.165, 1.54) is 0 Å². The first-order chi connectivity index (χ1) is 14.0. The van der Waals surface area contributed by atoms with Crippen LogP contribution in [0.3, 0.4) is 0 Å². The summed E-state index contributed by atoms with van der Waals surface area (Å²) in [5, 5.41) is 10.3. The zero-order valence-electron chi connectivity index (χ0n) is 16.8. The predicted molar refractivity (Wildman–Crippen MR) is 106 cm³/mol.